The van der Waals surface area contributed by atoms with Gasteiger partial charge in [0.15, 0.2) is 0 Å². The van der Waals surface area contributed by atoms with E-state index in [1.165, 1.54) is 11.1 Å². The molecule has 0 aliphatic heterocycles. The van der Waals surface area contributed by atoms with Gasteiger partial charge in [0.1, 0.15) is 5.75 Å². The van der Waals surface area contributed by atoms with Gasteiger partial charge in [-0.25, -0.2) is 0 Å². The predicted octanol–water partition coefficient (Wildman–Crippen LogP) is 4.85. The van der Waals surface area contributed by atoms with E-state index in [9.17, 15) is 0 Å². The van der Waals surface area contributed by atoms with Gasteiger partial charge in [0.05, 0.1) is 12.1 Å². The van der Waals surface area contributed by atoms with Crippen molar-refractivity contribution in [1.29, 1.82) is 0 Å². The molecule has 0 heterocycles. The predicted molar refractivity (Wildman–Crippen MR) is 92.0 cm³/mol. The van der Waals surface area contributed by atoms with Crippen LogP contribution in [0.3, 0.4) is 0 Å². The number of para-hydroxylation sites is 1. The first-order valence-electron chi connectivity index (χ1n) is 7.21. The lowest BCUT2D eigenvalue weighted by molar-refractivity contribution is 0.238. The van der Waals surface area contributed by atoms with Crippen LogP contribution in [0.1, 0.15) is 36.6 Å². The lowest BCUT2D eigenvalue weighted by atomic mass is 9.97. The summed E-state index contributed by atoms with van der Waals surface area (Å²) in [6.45, 7) is 6.19. The first-order chi connectivity index (χ1) is 10.0. The van der Waals surface area contributed by atoms with Gasteiger partial charge >= 0.3 is 0 Å². The van der Waals surface area contributed by atoms with Crippen LogP contribution in [-0.2, 0) is 0 Å². The van der Waals surface area contributed by atoms with Gasteiger partial charge in [0.2, 0.25) is 0 Å². The lowest BCUT2D eigenvalue weighted by Gasteiger charge is -2.22. The quantitative estimate of drug-likeness (QED) is 0.834. The van der Waals surface area contributed by atoms with E-state index in [1.807, 2.05) is 33.0 Å². The van der Waals surface area contributed by atoms with Crippen molar-refractivity contribution in [3.05, 3.63) is 63.6 Å². The van der Waals surface area contributed by atoms with Crippen LogP contribution in [0.4, 0.5) is 0 Å². The average Bonchev–Trinajstić information content (AvgIpc) is 2.44. The van der Waals surface area contributed by atoms with E-state index in [0.29, 0.717) is 0 Å². The number of aryl methyl sites for hydroxylation is 1. The van der Waals surface area contributed by atoms with E-state index < -0.39 is 0 Å². The minimum absolute atomic E-state index is 0.108. The van der Waals surface area contributed by atoms with Crippen molar-refractivity contribution in [1.82, 2.24) is 5.32 Å². The van der Waals surface area contributed by atoms with Crippen LogP contribution < -0.4 is 10.1 Å². The Morgan fingerprint density at radius 2 is 1.81 bits per heavy atom. The standard InChI is InChI=1S/C18H22BrNO/c1-12(2)21-17-8-6-5-7-15(17)18(20-4)14-10-9-13(3)16(19)11-14/h5-12,18,20H,1-4H3. The Balaban J connectivity index is 2.43. The fourth-order valence-corrected chi connectivity index (χ4v) is 2.77. The highest BCUT2D eigenvalue weighted by molar-refractivity contribution is 9.10. The van der Waals surface area contributed by atoms with E-state index in [0.717, 1.165) is 15.8 Å². The monoisotopic (exact) mass is 347 g/mol. The maximum Gasteiger partial charge on any atom is 0.124 e. The van der Waals surface area contributed by atoms with E-state index in [4.69, 9.17) is 4.74 Å². The van der Waals surface area contributed by atoms with Crippen molar-refractivity contribution in [3.63, 3.8) is 0 Å². The minimum Gasteiger partial charge on any atom is -0.491 e. The van der Waals surface area contributed by atoms with Crippen molar-refractivity contribution < 1.29 is 4.74 Å². The van der Waals surface area contributed by atoms with Gasteiger partial charge in [-0.15, -0.1) is 0 Å². The zero-order valence-electron chi connectivity index (χ0n) is 13.0. The number of halogens is 1. The van der Waals surface area contributed by atoms with Crippen LogP contribution in [0.2, 0.25) is 0 Å². The summed E-state index contributed by atoms with van der Waals surface area (Å²) in [4.78, 5) is 0. The molecule has 21 heavy (non-hydrogen) atoms. The van der Waals surface area contributed by atoms with Gasteiger partial charge in [-0.05, 0) is 51.1 Å². The van der Waals surface area contributed by atoms with Crippen molar-refractivity contribution in [3.8, 4) is 5.75 Å². The zero-order chi connectivity index (χ0) is 15.4. The molecule has 0 aliphatic rings. The molecule has 0 aromatic heterocycles. The highest BCUT2D eigenvalue weighted by atomic mass is 79.9. The maximum absolute atomic E-state index is 5.95. The van der Waals surface area contributed by atoms with Crippen molar-refractivity contribution in [2.45, 2.75) is 32.9 Å². The summed E-state index contributed by atoms with van der Waals surface area (Å²) in [5, 5.41) is 3.39. The second-order valence-electron chi connectivity index (χ2n) is 5.43. The van der Waals surface area contributed by atoms with Crippen LogP contribution in [0.15, 0.2) is 46.9 Å². The van der Waals surface area contributed by atoms with Crippen molar-refractivity contribution in [2.75, 3.05) is 7.05 Å². The second-order valence-corrected chi connectivity index (χ2v) is 6.29. The molecule has 0 amide bonds. The molecule has 0 bridgehead atoms. The van der Waals surface area contributed by atoms with E-state index in [1.54, 1.807) is 0 Å². The molecule has 2 rings (SSSR count). The molecule has 0 saturated heterocycles. The average molecular weight is 348 g/mol. The second kappa shape index (κ2) is 7.10. The van der Waals surface area contributed by atoms with Gasteiger partial charge in [-0.2, -0.15) is 0 Å². The molecule has 2 aromatic rings. The third-order valence-corrected chi connectivity index (χ3v) is 4.26. The van der Waals surface area contributed by atoms with E-state index in [2.05, 4.69) is 58.5 Å². The molecule has 0 aliphatic carbocycles. The molecule has 0 fully saturated rings. The van der Waals surface area contributed by atoms with Crippen LogP contribution in [-0.4, -0.2) is 13.2 Å². The van der Waals surface area contributed by atoms with Crippen molar-refractivity contribution >= 4 is 15.9 Å². The first-order valence-corrected chi connectivity index (χ1v) is 8.01. The zero-order valence-corrected chi connectivity index (χ0v) is 14.6. The molecule has 1 atom stereocenters. The number of nitrogens with one attached hydrogen (secondary N) is 1. The molecule has 2 aromatic carbocycles. The molecular weight excluding hydrogens is 326 g/mol. The summed E-state index contributed by atoms with van der Waals surface area (Å²) in [6, 6.07) is 14.8. The maximum atomic E-state index is 5.95. The Morgan fingerprint density at radius 3 is 2.43 bits per heavy atom. The van der Waals surface area contributed by atoms with Crippen LogP contribution in [0, 0.1) is 6.92 Å². The summed E-state index contributed by atoms with van der Waals surface area (Å²) in [5.74, 6) is 0.934. The third-order valence-electron chi connectivity index (χ3n) is 3.41. The lowest BCUT2D eigenvalue weighted by Crippen LogP contribution is -2.19. The Hall–Kier alpha value is -1.32. The summed E-state index contributed by atoms with van der Waals surface area (Å²) in [6.07, 6.45) is 0.161. The van der Waals surface area contributed by atoms with Crippen molar-refractivity contribution in [2.24, 2.45) is 0 Å². The molecule has 0 spiro atoms. The molecule has 3 heteroatoms. The molecule has 1 N–H and O–H groups in total. The Bertz CT molecular complexity index is 610. The van der Waals surface area contributed by atoms with Gasteiger partial charge in [0.25, 0.3) is 0 Å². The number of benzene rings is 2. The van der Waals surface area contributed by atoms with Gasteiger partial charge in [-0.1, -0.05) is 46.3 Å². The molecular formula is C18H22BrNO. The SMILES string of the molecule is CNC(c1ccc(C)c(Br)c1)c1ccccc1OC(C)C. The topological polar surface area (TPSA) is 21.3 Å². The fraction of sp³-hybridized carbons (Fsp3) is 0.333. The molecule has 1 unspecified atom stereocenters. The Kier molecular flexibility index (Phi) is 5.43. The Morgan fingerprint density at radius 1 is 1.10 bits per heavy atom. The minimum atomic E-state index is 0.108. The fourth-order valence-electron chi connectivity index (χ4n) is 2.37. The number of rotatable bonds is 5. The number of hydrogen-bond acceptors (Lipinski definition) is 2. The number of ether oxygens (including phenoxy) is 1. The summed E-state index contributed by atoms with van der Waals surface area (Å²) in [5.41, 5.74) is 3.61. The smallest absolute Gasteiger partial charge is 0.124 e. The first kappa shape index (κ1) is 16.1. The summed E-state index contributed by atoms with van der Waals surface area (Å²) in [7, 11) is 1.98. The van der Waals surface area contributed by atoms with Gasteiger partial charge < -0.3 is 10.1 Å². The summed E-state index contributed by atoms with van der Waals surface area (Å²) >= 11 is 3.62. The molecule has 0 saturated carbocycles. The Labute approximate surface area is 135 Å². The third kappa shape index (κ3) is 3.86. The van der Waals surface area contributed by atoms with Gasteiger partial charge in [0, 0.05) is 10.0 Å². The normalized spacial score (nSPS) is 12.5. The summed E-state index contributed by atoms with van der Waals surface area (Å²) < 4.78 is 7.08. The molecule has 112 valence electrons. The van der Waals surface area contributed by atoms with Crippen LogP contribution >= 0.6 is 15.9 Å². The highest BCUT2D eigenvalue weighted by Crippen LogP contribution is 2.32. The van der Waals surface area contributed by atoms with Crippen LogP contribution in [0.25, 0.3) is 0 Å². The largest absolute Gasteiger partial charge is 0.491 e. The van der Waals surface area contributed by atoms with E-state index >= 15 is 0 Å². The van der Waals surface area contributed by atoms with Gasteiger partial charge in [-0.3, -0.25) is 0 Å². The van der Waals surface area contributed by atoms with E-state index in [-0.39, 0.29) is 12.1 Å². The van der Waals surface area contributed by atoms with Crippen LogP contribution in [0.5, 0.6) is 5.75 Å². The highest BCUT2D eigenvalue weighted by Gasteiger charge is 2.17. The number of hydrogen-bond donors (Lipinski definition) is 1. The molecule has 2 nitrogen and oxygen atoms in total. The molecule has 0 radical (unpaired) electrons.